The third-order valence-corrected chi connectivity index (χ3v) is 4.69. The van der Waals surface area contributed by atoms with Crippen molar-refractivity contribution in [2.24, 2.45) is 5.10 Å². The number of amides is 1. The SMILES string of the molecule is CCn1cccc(C(=O)N/N=C\c2cc(OC)c(OCc3ccccc3)c(OC)c2)c1=O. The van der Waals surface area contributed by atoms with Crippen LogP contribution in [-0.2, 0) is 13.2 Å². The molecule has 3 aromatic rings. The van der Waals surface area contributed by atoms with Gasteiger partial charge >= 0.3 is 0 Å². The molecule has 8 nitrogen and oxygen atoms in total. The van der Waals surface area contributed by atoms with E-state index in [1.807, 2.05) is 37.3 Å². The molecule has 1 aromatic heterocycles. The second-order valence-electron chi connectivity index (χ2n) is 6.74. The normalized spacial score (nSPS) is 10.7. The van der Waals surface area contributed by atoms with Gasteiger partial charge < -0.3 is 18.8 Å². The van der Waals surface area contributed by atoms with Gasteiger partial charge in [-0.3, -0.25) is 9.59 Å². The van der Waals surface area contributed by atoms with E-state index in [1.165, 1.54) is 31.1 Å². The smallest absolute Gasteiger partial charge is 0.276 e. The molecule has 0 saturated carbocycles. The second kappa shape index (κ2) is 10.8. The van der Waals surface area contributed by atoms with Crippen molar-refractivity contribution < 1.29 is 19.0 Å². The first kappa shape index (κ1) is 22.6. The molecule has 0 radical (unpaired) electrons. The van der Waals surface area contributed by atoms with E-state index < -0.39 is 5.91 Å². The molecule has 0 atom stereocenters. The van der Waals surface area contributed by atoms with Crippen LogP contribution in [0.1, 0.15) is 28.4 Å². The molecule has 2 aromatic carbocycles. The number of carbonyl (C=O) groups is 1. The lowest BCUT2D eigenvalue weighted by molar-refractivity contribution is 0.0953. The Bertz CT molecular complexity index is 1130. The van der Waals surface area contributed by atoms with E-state index in [0.717, 1.165) is 5.56 Å². The Kier molecular flexibility index (Phi) is 7.64. The number of aromatic nitrogens is 1. The van der Waals surface area contributed by atoms with Crippen molar-refractivity contribution in [2.45, 2.75) is 20.1 Å². The highest BCUT2D eigenvalue weighted by molar-refractivity contribution is 5.94. The standard InChI is InChI=1S/C24H25N3O5/c1-4-27-12-8-11-19(24(27)29)23(28)26-25-15-18-13-20(30-2)22(21(14-18)31-3)32-16-17-9-6-5-7-10-17/h5-15H,4,16H2,1-3H3,(H,26,28)/b25-15-. The van der Waals surface area contributed by atoms with Crippen LogP contribution in [0, 0.1) is 0 Å². The summed E-state index contributed by atoms with van der Waals surface area (Å²) in [7, 11) is 3.06. The number of carbonyl (C=O) groups excluding carboxylic acids is 1. The fourth-order valence-corrected chi connectivity index (χ4v) is 3.03. The number of hydrazone groups is 1. The Morgan fingerprint density at radius 2 is 1.75 bits per heavy atom. The Hall–Kier alpha value is -4.07. The molecule has 0 fully saturated rings. The minimum atomic E-state index is -0.587. The Balaban J connectivity index is 1.76. The summed E-state index contributed by atoms with van der Waals surface area (Å²) in [6.45, 7) is 2.65. The van der Waals surface area contributed by atoms with Gasteiger partial charge in [0.2, 0.25) is 5.75 Å². The summed E-state index contributed by atoms with van der Waals surface area (Å²) in [4.78, 5) is 24.6. The second-order valence-corrected chi connectivity index (χ2v) is 6.74. The summed E-state index contributed by atoms with van der Waals surface area (Å²) >= 11 is 0. The van der Waals surface area contributed by atoms with Crippen LogP contribution in [-0.4, -0.2) is 30.9 Å². The fraction of sp³-hybridized carbons (Fsp3) is 0.208. The number of hydrogen-bond donors (Lipinski definition) is 1. The first-order chi connectivity index (χ1) is 15.6. The molecular formula is C24H25N3O5. The average Bonchev–Trinajstić information content (AvgIpc) is 2.83. The van der Waals surface area contributed by atoms with Crippen molar-refractivity contribution >= 4 is 12.1 Å². The van der Waals surface area contributed by atoms with E-state index >= 15 is 0 Å². The lowest BCUT2D eigenvalue weighted by Crippen LogP contribution is -2.30. The lowest BCUT2D eigenvalue weighted by Gasteiger charge is -2.15. The number of nitrogens with zero attached hydrogens (tertiary/aromatic N) is 2. The van der Waals surface area contributed by atoms with Crippen LogP contribution in [0.5, 0.6) is 17.2 Å². The van der Waals surface area contributed by atoms with Gasteiger partial charge in [-0.05, 0) is 36.8 Å². The Morgan fingerprint density at radius 1 is 1.06 bits per heavy atom. The molecule has 0 saturated heterocycles. The fourth-order valence-electron chi connectivity index (χ4n) is 3.03. The predicted octanol–water partition coefficient (Wildman–Crippen LogP) is 3.23. The maximum absolute atomic E-state index is 12.3. The van der Waals surface area contributed by atoms with Crippen molar-refractivity contribution in [1.29, 1.82) is 0 Å². The zero-order valence-electron chi connectivity index (χ0n) is 18.2. The van der Waals surface area contributed by atoms with Gasteiger partial charge in [0.05, 0.1) is 20.4 Å². The number of ether oxygens (including phenoxy) is 3. The number of methoxy groups -OCH3 is 2. The quantitative estimate of drug-likeness (QED) is 0.412. The van der Waals surface area contributed by atoms with Crippen molar-refractivity contribution in [1.82, 2.24) is 9.99 Å². The molecule has 166 valence electrons. The Labute approximate surface area is 186 Å². The van der Waals surface area contributed by atoms with E-state index in [2.05, 4.69) is 10.5 Å². The predicted molar refractivity (Wildman–Crippen MR) is 122 cm³/mol. The van der Waals surface area contributed by atoms with Crippen molar-refractivity contribution in [3.8, 4) is 17.2 Å². The zero-order chi connectivity index (χ0) is 22.9. The monoisotopic (exact) mass is 435 g/mol. The van der Waals surface area contributed by atoms with E-state index in [0.29, 0.717) is 36.0 Å². The Morgan fingerprint density at radius 3 is 2.38 bits per heavy atom. The number of hydrogen-bond acceptors (Lipinski definition) is 6. The molecule has 8 heteroatoms. The third kappa shape index (κ3) is 5.34. The molecule has 0 unspecified atom stereocenters. The number of rotatable bonds is 9. The highest BCUT2D eigenvalue weighted by Crippen LogP contribution is 2.38. The molecule has 1 amide bonds. The van der Waals surface area contributed by atoms with E-state index in [-0.39, 0.29) is 11.1 Å². The van der Waals surface area contributed by atoms with Crippen LogP contribution in [0.3, 0.4) is 0 Å². The van der Waals surface area contributed by atoms with Crippen LogP contribution in [0.2, 0.25) is 0 Å². The van der Waals surface area contributed by atoms with Crippen LogP contribution >= 0.6 is 0 Å². The van der Waals surface area contributed by atoms with Gasteiger partial charge in [0.15, 0.2) is 11.5 Å². The third-order valence-electron chi connectivity index (χ3n) is 4.69. The van der Waals surface area contributed by atoms with Gasteiger partial charge in [0, 0.05) is 18.3 Å². The van der Waals surface area contributed by atoms with Gasteiger partial charge in [0.1, 0.15) is 12.2 Å². The van der Waals surface area contributed by atoms with E-state index in [1.54, 1.807) is 24.4 Å². The summed E-state index contributed by atoms with van der Waals surface area (Å²) in [6, 6.07) is 16.3. The number of aryl methyl sites for hydroxylation is 1. The number of pyridine rings is 1. The van der Waals surface area contributed by atoms with Gasteiger partial charge in [-0.25, -0.2) is 5.43 Å². The number of nitrogens with one attached hydrogen (secondary N) is 1. The molecule has 0 bridgehead atoms. The number of benzene rings is 2. The minimum absolute atomic E-state index is 0.0197. The summed E-state index contributed by atoms with van der Waals surface area (Å²) in [5.41, 5.74) is 3.65. The topological polar surface area (TPSA) is 91.2 Å². The molecule has 0 aliphatic rings. The maximum atomic E-state index is 12.3. The van der Waals surface area contributed by atoms with Gasteiger partial charge in [-0.2, -0.15) is 5.10 Å². The molecule has 0 aliphatic carbocycles. The highest BCUT2D eigenvalue weighted by atomic mass is 16.5. The molecule has 0 aliphatic heterocycles. The van der Waals surface area contributed by atoms with Crippen LogP contribution in [0.25, 0.3) is 0 Å². The van der Waals surface area contributed by atoms with Crippen molar-refractivity contribution in [3.05, 3.63) is 87.8 Å². The van der Waals surface area contributed by atoms with Crippen LogP contribution < -0.4 is 25.2 Å². The summed E-state index contributed by atoms with van der Waals surface area (Å²) in [5, 5.41) is 3.96. The zero-order valence-corrected chi connectivity index (χ0v) is 18.2. The summed E-state index contributed by atoms with van der Waals surface area (Å²) < 4.78 is 18.3. The van der Waals surface area contributed by atoms with E-state index in [9.17, 15) is 9.59 Å². The lowest BCUT2D eigenvalue weighted by atomic mass is 10.2. The van der Waals surface area contributed by atoms with Gasteiger partial charge in [-0.1, -0.05) is 30.3 Å². The first-order valence-corrected chi connectivity index (χ1v) is 10.0. The average molecular weight is 435 g/mol. The molecular weight excluding hydrogens is 410 g/mol. The molecule has 3 rings (SSSR count). The minimum Gasteiger partial charge on any atom is -0.493 e. The first-order valence-electron chi connectivity index (χ1n) is 10.0. The maximum Gasteiger partial charge on any atom is 0.276 e. The van der Waals surface area contributed by atoms with Crippen molar-refractivity contribution in [2.75, 3.05) is 14.2 Å². The van der Waals surface area contributed by atoms with E-state index in [4.69, 9.17) is 14.2 Å². The summed E-state index contributed by atoms with van der Waals surface area (Å²) in [6.07, 6.45) is 3.06. The van der Waals surface area contributed by atoms with Crippen LogP contribution in [0.15, 0.2) is 70.7 Å². The molecule has 1 N–H and O–H groups in total. The summed E-state index contributed by atoms with van der Waals surface area (Å²) in [5.74, 6) is 0.795. The van der Waals surface area contributed by atoms with Gasteiger partial charge in [-0.15, -0.1) is 0 Å². The molecule has 1 heterocycles. The highest BCUT2D eigenvalue weighted by Gasteiger charge is 2.15. The molecule has 32 heavy (non-hydrogen) atoms. The van der Waals surface area contributed by atoms with Crippen molar-refractivity contribution in [3.63, 3.8) is 0 Å². The largest absolute Gasteiger partial charge is 0.493 e. The van der Waals surface area contributed by atoms with Gasteiger partial charge in [0.25, 0.3) is 11.5 Å². The molecule has 0 spiro atoms. The van der Waals surface area contributed by atoms with Crippen LogP contribution in [0.4, 0.5) is 0 Å².